The number of nitrogens with zero attached hydrogens (tertiary/aromatic N) is 2. The highest BCUT2D eigenvalue weighted by Gasteiger charge is 2.28. The maximum Gasteiger partial charge on any atom is 0.171 e. The third-order valence-corrected chi connectivity index (χ3v) is 3.83. The molecule has 0 aromatic heterocycles. The summed E-state index contributed by atoms with van der Waals surface area (Å²) in [6, 6.07) is 5.41. The van der Waals surface area contributed by atoms with Gasteiger partial charge in [0.15, 0.2) is 5.84 Å². The van der Waals surface area contributed by atoms with Gasteiger partial charge < -0.3 is 20.9 Å². The van der Waals surface area contributed by atoms with Crippen molar-refractivity contribution in [1.29, 1.82) is 0 Å². The molecule has 2 rings (SSSR count). The number of nitrogens with two attached hydrogens (primary N) is 1. The van der Waals surface area contributed by atoms with Crippen LogP contribution in [0, 0.1) is 5.92 Å². The molecular weight excluding hydrogens is 266 g/mol. The Bertz CT molecular complexity index is 487. The summed E-state index contributed by atoms with van der Waals surface area (Å²) in [5.74, 6) is 0.531. The molecule has 1 aromatic rings. The molecule has 0 saturated heterocycles. The SMILES string of the molecule is CN(CC1CC(O)C1)c1ccc(C(N)=NO)c(Cl)c1. The van der Waals surface area contributed by atoms with E-state index in [1.54, 1.807) is 12.1 Å². The number of amidine groups is 1. The van der Waals surface area contributed by atoms with E-state index in [-0.39, 0.29) is 11.9 Å². The molecule has 0 radical (unpaired) electrons. The Balaban J connectivity index is 2.06. The highest BCUT2D eigenvalue weighted by molar-refractivity contribution is 6.34. The average molecular weight is 284 g/mol. The third-order valence-electron chi connectivity index (χ3n) is 3.52. The van der Waals surface area contributed by atoms with Crippen LogP contribution in [-0.2, 0) is 0 Å². The molecule has 1 aliphatic rings. The lowest BCUT2D eigenvalue weighted by molar-refractivity contribution is 0.0465. The summed E-state index contributed by atoms with van der Waals surface area (Å²) in [5.41, 5.74) is 7.01. The van der Waals surface area contributed by atoms with Crippen LogP contribution in [0.15, 0.2) is 23.4 Å². The first-order chi connectivity index (χ1) is 9.01. The van der Waals surface area contributed by atoms with Crippen molar-refractivity contribution in [2.45, 2.75) is 18.9 Å². The molecule has 1 aliphatic carbocycles. The van der Waals surface area contributed by atoms with Crippen LogP contribution in [-0.4, -0.2) is 35.8 Å². The number of hydrogen-bond donors (Lipinski definition) is 3. The van der Waals surface area contributed by atoms with Gasteiger partial charge in [-0.05, 0) is 37.0 Å². The molecule has 0 aliphatic heterocycles. The van der Waals surface area contributed by atoms with Gasteiger partial charge >= 0.3 is 0 Å². The molecule has 0 amide bonds. The van der Waals surface area contributed by atoms with Crippen LogP contribution in [0.25, 0.3) is 0 Å². The van der Waals surface area contributed by atoms with E-state index in [1.165, 1.54) is 0 Å². The fourth-order valence-corrected chi connectivity index (χ4v) is 2.62. The van der Waals surface area contributed by atoms with Crippen molar-refractivity contribution < 1.29 is 10.3 Å². The lowest BCUT2D eigenvalue weighted by Gasteiger charge is -2.35. The first-order valence-electron chi connectivity index (χ1n) is 6.18. The van der Waals surface area contributed by atoms with Crippen LogP contribution < -0.4 is 10.6 Å². The van der Waals surface area contributed by atoms with Crippen LogP contribution in [0.3, 0.4) is 0 Å². The van der Waals surface area contributed by atoms with Gasteiger partial charge in [0, 0.05) is 24.8 Å². The Labute approximate surface area is 117 Å². The van der Waals surface area contributed by atoms with Gasteiger partial charge in [0.25, 0.3) is 0 Å². The minimum absolute atomic E-state index is 0.00122. The van der Waals surface area contributed by atoms with Crippen LogP contribution >= 0.6 is 11.6 Å². The Kier molecular flexibility index (Phi) is 4.17. The molecule has 19 heavy (non-hydrogen) atoms. The van der Waals surface area contributed by atoms with Crippen LogP contribution in [0.4, 0.5) is 5.69 Å². The Hall–Kier alpha value is -1.46. The number of halogens is 1. The molecule has 1 saturated carbocycles. The van der Waals surface area contributed by atoms with E-state index in [0.29, 0.717) is 16.5 Å². The van der Waals surface area contributed by atoms with Crippen LogP contribution in [0.1, 0.15) is 18.4 Å². The van der Waals surface area contributed by atoms with E-state index in [4.69, 9.17) is 22.5 Å². The van der Waals surface area contributed by atoms with Crippen LogP contribution in [0.5, 0.6) is 0 Å². The fraction of sp³-hybridized carbons (Fsp3) is 0.462. The second kappa shape index (κ2) is 5.67. The smallest absolute Gasteiger partial charge is 0.171 e. The van der Waals surface area contributed by atoms with Gasteiger partial charge in [-0.25, -0.2) is 0 Å². The maximum absolute atomic E-state index is 9.28. The lowest BCUT2D eigenvalue weighted by atomic mass is 9.82. The predicted octanol–water partition coefficient (Wildman–Crippen LogP) is 1.64. The Morgan fingerprint density at radius 3 is 2.74 bits per heavy atom. The average Bonchev–Trinajstić information content (AvgIpc) is 2.35. The highest BCUT2D eigenvalue weighted by Crippen LogP contribution is 2.30. The minimum atomic E-state index is -0.134. The van der Waals surface area contributed by atoms with Gasteiger partial charge in [-0.2, -0.15) is 0 Å². The summed E-state index contributed by atoms with van der Waals surface area (Å²) in [5, 5.41) is 21.3. The quantitative estimate of drug-likeness (QED) is 0.340. The normalized spacial score (nSPS) is 23.0. The summed E-state index contributed by atoms with van der Waals surface area (Å²) in [6.45, 7) is 0.885. The van der Waals surface area contributed by atoms with E-state index in [9.17, 15) is 5.11 Å². The lowest BCUT2D eigenvalue weighted by Crippen LogP contribution is -2.37. The van der Waals surface area contributed by atoms with Crippen molar-refractivity contribution in [2.24, 2.45) is 16.8 Å². The molecule has 4 N–H and O–H groups in total. The van der Waals surface area contributed by atoms with E-state index < -0.39 is 0 Å². The van der Waals surface area contributed by atoms with Gasteiger partial charge in [0.2, 0.25) is 0 Å². The molecule has 0 spiro atoms. The maximum atomic E-state index is 9.28. The number of aliphatic hydroxyl groups is 1. The van der Waals surface area contributed by atoms with Gasteiger partial charge in [-0.1, -0.05) is 16.8 Å². The van der Waals surface area contributed by atoms with E-state index in [1.807, 2.05) is 13.1 Å². The topological polar surface area (TPSA) is 82.1 Å². The molecule has 0 atom stereocenters. The number of hydrogen-bond acceptors (Lipinski definition) is 4. The molecule has 0 heterocycles. The Morgan fingerprint density at radius 1 is 1.53 bits per heavy atom. The van der Waals surface area contributed by atoms with Crippen molar-refractivity contribution in [1.82, 2.24) is 0 Å². The van der Waals surface area contributed by atoms with E-state index in [0.717, 1.165) is 25.1 Å². The second-order valence-corrected chi connectivity index (χ2v) is 5.43. The summed E-state index contributed by atoms with van der Waals surface area (Å²) in [7, 11) is 1.99. The third kappa shape index (κ3) is 3.11. The monoisotopic (exact) mass is 283 g/mol. The zero-order chi connectivity index (χ0) is 14.0. The number of anilines is 1. The molecule has 1 fully saturated rings. The minimum Gasteiger partial charge on any atom is -0.409 e. The number of rotatable bonds is 4. The first kappa shape index (κ1) is 14.0. The summed E-state index contributed by atoms with van der Waals surface area (Å²) in [6.07, 6.45) is 1.59. The molecule has 6 heteroatoms. The number of aliphatic hydroxyl groups excluding tert-OH is 1. The first-order valence-corrected chi connectivity index (χ1v) is 6.55. The summed E-state index contributed by atoms with van der Waals surface area (Å²) >= 11 is 6.12. The zero-order valence-electron chi connectivity index (χ0n) is 10.8. The molecule has 0 bridgehead atoms. The van der Waals surface area contributed by atoms with E-state index >= 15 is 0 Å². The van der Waals surface area contributed by atoms with Gasteiger partial charge in [0.1, 0.15) is 0 Å². The number of oxime groups is 1. The van der Waals surface area contributed by atoms with Crippen molar-refractivity contribution in [3.8, 4) is 0 Å². The van der Waals surface area contributed by atoms with E-state index in [2.05, 4.69) is 10.1 Å². The van der Waals surface area contributed by atoms with Gasteiger partial charge in [0.05, 0.1) is 11.1 Å². The summed E-state index contributed by atoms with van der Waals surface area (Å²) < 4.78 is 0. The molecule has 5 nitrogen and oxygen atoms in total. The van der Waals surface area contributed by atoms with Gasteiger partial charge in [-0.15, -0.1) is 0 Å². The zero-order valence-corrected chi connectivity index (χ0v) is 11.5. The van der Waals surface area contributed by atoms with Gasteiger partial charge in [-0.3, -0.25) is 0 Å². The second-order valence-electron chi connectivity index (χ2n) is 5.02. The van der Waals surface area contributed by atoms with Crippen molar-refractivity contribution in [3.63, 3.8) is 0 Å². The van der Waals surface area contributed by atoms with Crippen molar-refractivity contribution >= 4 is 23.1 Å². The number of benzene rings is 1. The Morgan fingerprint density at radius 2 is 2.21 bits per heavy atom. The standard InChI is InChI=1S/C13H18ClN3O2/c1-17(7-8-4-10(18)5-8)9-2-3-11(12(14)6-9)13(15)16-19/h2-3,6,8,10,18-19H,4-5,7H2,1H3,(H2,15,16). The van der Waals surface area contributed by atoms with Crippen LogP contribution in [0.2, 0.25) is 5.02 Å². The van der Waals surface area contributed by atoms with Crippen molar-refractivity contribution in [2.75, 3.05) is 18.5 Å². The molecule has 104 valence electrons. The highest BCUT2D eigenvalue weighted by atomic mass is 35.5. The van der Waals surface area contributed by atoms with Crippen molar-refractivity contribution in [3.05, 3.63) is 28.8 Å². The summed E-state index contributed by atoms with van der Waals surface area (Å²) in [4.78, 5) is 2.10. The molecule has 1 aromatic carbocycles. The predicted molar refractivity (Wildman–Crippen MR) is 76.0 cm³/mol. The molecular formula is C13H18ClN3O2. The molecule has 0 unspecified atom stereocenters. The largest absolute Gasteiger partial charge is 0.409 e. The fourth-order valence-electron chi connectivity index (χ4n) is 2.35.